The molecular formula is C30H25FN2O5S. The predicted molar refractivity (Wildman–Crippen MR) is 145 cm³/mol. The molecule has 1 aliphatic rings. The number of nitrogens with one attached hydrogen (secondary N) is 1. The van der Waals surface area contributed by atoms with Gasteiger partial charge in [0.15, 0.2) is 0 Å². The number of halogens is 1. The van der Waals surface area contributed by atoms with Crippen LogP contribution in [0.15, 0.2) is 95.9 Å². The molecule has 0 bridgehead atoms. The van der Waals surface area contributed by atoms with Crippen LogP contribution in [0.1, 0.15) is 27.0 Å². The third-order valence-corrected chi connectivity index (χ3v) is 8.58. The van der Waals surface area contributed by atoms with Crippen LogP contribution in [0, 0.1) is 12.7 Å². The lowest BCUT2D eigenvalue weighted by molar-refractivity contribution is -0.122. The highest BCUT2D eigenvalue weighted by molar-refractivity contribution is 7.93. The van der Waals surface area contributed by atoms with Crippen LogP contribution in [-0.2, 0) is 27.8 Å². The maximum Gasteiger partial charge on any atom is 0.335 e. The number of benzene rings is 4. The number of rotatable bonds is 7. The highest BCUT2D eigenvalue weighted by Crippen LogP contribution is 2.37. The summed E-state index contributed by atoms with van der Waals surface area (Å²) in [4.78, 5) is 24.4. The Hall–Kier alpha value is -4.50. The summed E-state index contributed by atoms with van der Waals surface area (Å²) >= 11 is 0. The van der Waals surface area contributed by atoms with Gasteiger partial charge in [-0.2, -0.15) is 0 Å². The fourth-order valence-corrected chi connectivity index (χ4v) is 6.36. The zero-order valence-electron chi connectivity index (χ0n) is 21.0. The Bertz CT molecular complexity index is 1670. The van der Waals surface area contributed by atoms with E-state index >= 15 is 0 Å². The lowest BCUT2D eigenvalue weighted by Gasteiger charge is -2.26. The Kier molecular flexibility index (Phi) is 6.93. The van der Waals surface area contributed by atoms with Crippen LogP contribution in [0.4, 0.5) is 10.1 Å². The van der Waals surface area contributed by atoms with Gasteiger partial charge in [-0.05, 0) is 66.1 Å². The largest absolute Gasteiger partial charge is 0.478 e. The number of fused-ring (bicyclic) bond motifs is 1. The van der Waals surface area contributed by atoms with E-state index in [9.17, 15) is 22.4 Å². The Balaban J connectivity index is 1.42. The van der Waals surface area contributed by atoms with Crippen LogP contribution >= 0.6 is 0 Å². The summed E-state index contributed by atoms with van der Waals surface area (Å²) in [6.45, 7) is 1.96. The number of aromatic carboxylic acids is 1. The third-order valence-electron chi connectivity index (χ3n) is 6.74. The van der Waals surface area contributed by atoms with Gasteiger partial charge < -0.3 is 10.4 Å². The van der Waals surface area contributed by atoms with Crippen LogP contribution in [0.2, 0.25) is 0 Å². The molecule has 0 unspecified atom stereocenters. The molecule has 0 aliphatic carbocycles. The minimum Gasteiger partial charge on any atom is -0.478 e. The van der Waals surface area contributed by atoms with Gasteiger partial charge in [0, 0.05) is 18.5 Å². The molecule has 198 valence electrons. The van der Waals surface area contributed by atoms with E-state index in [4.69, 9.17) is 5.11 Å². The molecule has 0 saturated heterocycles. The number of anilines is 1. The zero-order valence-corrected chi connectivity index (χ0v) is 21.8. The number of nitrogens with zero attached hydrogens (tertiary/aromatic N) is 1. The second-order valence-corrected chi connectivity index (χ2v) is 11.2. The molecule has 0 radical (unpaired) electrons. The van der Waals surface area contributed by atoms with E-state index in [2.05, 4.69) is 5.32 Å². The van der Waals surface area contributed by atoms with Crippen molar-refractivity contribution in [2.24, 2.45) is 0 Å². The topological polar surface area (TPSA) is 104 Å². The lowest BCUT2D eigenvalue weighted by atomic mass is 10.0. The number of sulfonamides is 1. The monoisotopic (exact) mass is 544 g/mol. The van der Waals surface area contributed by atoms with Crippen molar-refractivity contribution in [1.82, 2.24) is 5.32 Å². The normalized spacial score (nSPS) is 14.6. The van der Waals surface area contributed by atoms with Crippen molar-refractivity contribution in [3.05, 3.63) is 119 Å². The maximum absolute atomic E-state index is 14.4. The van der Waals surface area contributed by atoms with Crippen LogP contribution in [0.3, 0.4) is 0 Å². The number of aryl methyl sites for hydroxylation is 1. The summed E-state index contributed by atoms with van der Waals surface area (Å²) in [5.74, 6) is -1.93. The van der Waals surface area contributed by atoms with Crippen molar-refractivity contribution in [3.63, 3.8) is 0 Å². The molecule has 1 amide bonds. The Labute approximate surface area is 225 Å². The van der Waals surface area contributed by atoms with Gasteiger partial charge in [-0.3, -0.25) is 9.10 Å². The molecule has 4 aromatic carbocycles. The van der Waals surface area contributed by atoms with E-state index in [-0.39, 0.29) is 23.4 Å². The van der Waals surface area contributed by atoms with Crippen molar-refractivity contribution in [3.8, 4) is 11.1 Å². The zero-order chi connectivity index (χ0) is 27.7. The number of carbonyl (C=O) groups is 2. The Morgan fingerprint density at radius 1 is 0.974 bits per heavy atom. The molecule has 1 atom stereocenters. The number of carboxylic acids is 1. The lowest BCUT2D eigenvalue weighted by Crippen LogP contribution is -2.47. The molecule has 9 heteroatoms. The standard InChI is InChI=1S/C30H25FN2O5S/c1-19-6-15-26(31)25(16-19)21-11-13-24(14-12-21)39(37,38)33-27-5-3-2-4-23(27)17-28(33)29(34)32-18-20-7-9-22(10-8-20)30(35)36/h2-16,28H,17-18H2,1H3,(H,32,34)(H,35,36)/t28-/m0/s1. The van der Waals surface area contributed by atoms with E-state index in [1.807, 2.05) is 6.92 Å². The van der Waals surface area contributed by atoms with E-state index < -0.39 is 33.8 Å². The molecule has 4 aromatic rings. The first kappa shape index (κ1) is 26.1. The van der Waals surface area contributed by atoms with Crippen LogP contribution < -0.4 is 9.62 Å². The molecule has 1 aliphatic heterocycles. The molecule has 2 N–H and O–H groups in total. The van der Waals surface area contributed by atoms with Crippen LogP contribution in [-0.4, -0.2) is 31.4 Å². The Morgan fingerprint density at radius 2 is 1.67 bits per heavy atom. The molecule has 7 nitrogen and oxygen atoms in total. The fourth-order valence-electron chi connectivity index (χ4n) is 4.71. The van der Waals surface area contributed by atoms with Gasteiger partial charge in [0.25, 0.3) is 10.0 Å². The molecule has 1 heterocycles. The van der Waals surface area contributed by atoms with Crippen molar-refractivity contribution >= 4 is 27.6 Å². The third kappa shape index (κ3) is 5.13. The summed E-state index contributed by atoms with van der Waals surface area (Å²) in [6, 6.07) is 22.7. The molecule has 0 fully saturated rings. The van der Waals surface area contributed by atoms with Crippen molar-refractivity contribution < 1.29 is 27.5 Å². The van der Waals surface area contributed by atoms with Gasteiger partial charge in [0.2, 0.25) is 5.91 Å². The molecular weight excluding hydrogens is 519 g/mol. The number of para-hydroxylation sites is 1. The van der Waals surface area contributed by atoms with Crippen molar-refractivity contribution in [2.75, 3.05) is 4.31 Å². The second-order valence-electron chi connectivity index (χ2n) is 9.38. The van der Waals surface area contributed by atoms with E-state index in [1.165, 1.54) is 30.3 Å². The Morgan fingerprint density at radius 3 is 2.36 bits per heavy atom. The molecule has 0 saturated carbocycles. The van der Waals surface area contributed by atoms with E-state index in [0.717, 1.165) is 15.4 Å². The predicted octanol–water partition coefficient (Wildman–Crippen LogP) is 4.94. The van der Waals surface area contributed by atoms with Gasteiger partial charge in [-0.1, -0.05) is 54.1 Å². The fraction of sp³-hybridized carbons (Fsp3) is 0.133. The average molecular weight is 545 g/mol. The highest BCUT2D eigenvalue weighted by Gasteiger charge is 2.42. The van der Waals surface area contributed by atoms with Gasteiger partial charge in [-0.25, -0.2) is 17.6 Å². The number of amides is 1. The quantitative estimate of drug-likeness (QED) is 0.343. The summed E-state index contributed by atoms with van der Waals surface area (Å²) in [5.41, 5.74) is 3.76. The summed E-state index contributed by atoms with van der Waals surface area (Å²) in [6.07, 6.45) is 0.200. The summed E-state index contributed by atoms with van der Waals surface area (Å²) < 4.78 is 43.3. The molecule has 0 spiro atoms. The summed E-state index contributed by atoms with van der Waals surface area (Å²) in [5, 5.41) is 11.9. The van der Waals surface area contributed by atoms with Gasteiger partial charge >= 0.3 is 5.97 Å². The number of carboxylic acid groups (broad SMARTS) is 1. The highest BCUT2D eigenvalue weighted by atomic mass is 32.2. The molecule has 0 aromatic heterocycles. The number of hydrogen-bond donors (Lipinski definition) is 2. The first-order chi connectivity index (χ1) is 18.6. The van der Waals surface area contributed by atoms with Crippen LogP contribution in [0.25, 0.3) is 11.1 Å². The SMILES string of the molecule is Cc1ccc(F)c(-c2ccc(S(=O)(=O)N3c4ccccc4C[C@H]3C(=O)NCc3ccc(C(=O)O)cc3)cc2)c1. The molecule has 39 heavy (non-hydrogen) atoms. The summed E-state index contributed by atoms with van der Waals surface area (Å²) in [7, 11) is -4.15. The minimum atomic E-state index is -4.15. The van der Waals surface area contributed by atoms with Crippen molar-refractivity contribution in [1.29, 1.82) is 0 Å². The number of hydrogen-bond acceptors (Lipinski definition) is 4. The van der Waals surface area contributed by atoms with Gasteiger partial charge in [-0.15, -0.1) is 0 Å². The van der Waals surface area contributed by atoms with Gasteiger partial charge in [0.1, 0.15) is 11.9 Å². The average Bonchev–Trinajstić information content (AvgIpc) is 3.34. The second kappa shape index (κ2) is 10.3. The number of carbonyl (C=O) groups excluding carboxylic acids is 1. The maximum atomic E-state index is 14.4. The smallest absolute Gasteiger partial charge is 0.335 e. The first-order valence-electron chi connectivity index (χ1n) is 12.2. The van der Waals surface area contributed by atoms with E-state index in [0.29, 0.717) is 22.4 Å². The van der Waals surface area contributed by atoms with E-state index in [1.54, 1.807) is 60.7 Å². The van der Waals surface area contributed by atoms with Gasteiger partial charge in [0.05, 0.1) is 16.1 Å². The first-order valence-corrected chi connectivity index (χ1v) is 13.7. The van der Waals surface area contributed by atoms with Crippen LogP contribution in [0.5, 0.6) is 0 Å². The minimum absolute atomic E-state index is 0.0157. The molecule has 5 rings (SSSR count). The van der Waals surface area contributed by atoms with Crippen molar-refractivity contribution in [2.45, 2.75) is 30.8 Å².